The van der Waals surface area contributed by atoms with Crippen molar-refractivity contribution >= 4 is 0 Å². The molecule has 0 aromatic carbocycles. The molecule has 1 aromatic rings. The maximum Gasteiger partial charge on any atom is 0.269 e. The van der Waals surface area contributed by atoms with E-state index in [0.29, 0.717) is 0 Å². The summed E-state index contributed by atoms with van der Waals surface area (Å²) in [5.41, 5.74) is 2.47. The quantitative estimate of drug-likeness (QED) is 0.717. The molecule has 0 radical (unpaired) electrons. The normalized spacial score (nSPS) is 16.4. The summed E-state index contributed by atoms with van der Waals surface area (Å²) in [4.78, 5) is 11.9. The van der Waals surface area contributed by atoms with Gasteiger partial charge in [-0.1, -0.05) is 13.3 Å². The fourth-order valence-corrected chi connectivity index (χ4v) is 2.20. The molecule has 0 fully saturated rings. The van der Waals surface area contributed by atoms with Gasteiger partial charge in [0.05, 0.1) is 0 Å². The maximum absolute atomic E-state index is 11.9. The number of nitrogens with one attached hydrogen (secondary N) is 1. The minimum absolute atomic E-state index is 0.226. The fourth-order valence-electron chi connectivity index (χ4n) is 2.20. The van der Waals surface area contributed by atoms with Crippen molar-refractivity contribution in [2.75, 3.05) is 0 Å². The first-order valence-corrected chi connectivity index (χ1v) is 5.63. The van der Waals surface area contributed by atoms with Crippen LogP contribution in [0.1, 0.15) is 43.9 Å². The van der Waals surface area contributed by atoms with Crippen LogP contribution in [0.4, 0.5) is 0 Å². The average Bonchev–Trinajstić information content (AvgIpc) is 2.41. The molecular formula is C11H18N2O. The average molecular weight is 194 g/mol. The zero-order valence-electron chi connectivity index (χ0n) is 8.81. The van der Waals surface area contributed by atoms with Crippen LogP contribution < -0.4 is 5.56 Å². The molecule has 3 nitrogen and oxygen atoms in total. The van der Waals surface area contributed by atoms with Crippen LogP contribution in [0.2, 0.25) is 0 Å². The van der Waals surface area contributed by atoms with Gasteiger partial charge in [0.2, 0.25) is 0 Å². The summed E-state index contributed by atoms with van der Waals surface area (Å²) in [5, 5.41) is 3.25. The van der Waals surface area contributed by atoms with Gasteiger partial charge in [-0.15, -0.1) is 0 Å². The van der Waals surface area contributed by atoms with E-state index in [2.05, 4.69) is 12.0 Å². The molecule has 0 bridgehead atoms. The van der Waals surface area contributed by atoms with E-state index in [1.165, 1.54) is 25.0 Å². The first kappa shape index (κ1) is 9.56. The summed E-state index contributed by atoms with van der Waals surface area (Å²) in [6.45, 7) is 2.92. The number of aromatic amines is 1. The van der Waals surface area contributed by atoms with Crippen LogP contribution >= 0.6 is 0 Å². The highest BCUT2D eigenvalue weighted by molar-refractivity contribution is 5.18. The summed E-state index contributed by atoms with van der Waals surface area (Å²) in [7, 11) is 0. The van der Waals surface area contributed by atoms with Gasteiger partial charge in [-0.25, -0.2) is 0 Å². The van der Waals surface area contributed by atoms with E-state index < -0.39 is 0 Å². The molecule has 0 saturated carbocycles. The topological polar surface area (TPSA) is 37.8 Å². The summed E-state index contributed by atoms with van der Waals surface area (Å²) in [5.74, 6) is 0. The van der Waals surface area contributed by atoms with Crippen LogP contribution in [0.15, 0.2) is 4.79 Å². The van der Waals surface area contributed by atoms with Crippen molar-refractivity contribution in [1.29, 1.82) is 0 Å². The van der Waals surface area contributed by atoms with E-state index in [4.69, 9.17) is 0 Å². The Balaban J connectivity index is 2.35. The van der Waals surface area contributed by atoms with Gasteiger partial charge in [0.1, 0.15) is 0 Å². The molecule has 0 aliphatic heterocycles. The van der Waals surface area contributed by atoms with Crippen molar-refractivity contribution < 1.29 is 0 Å². The lowest BCUT2D eigenvalue weighted by Crippen LogP contribution is -2.18. The van der Waals surface area contributed by atoms with Crippen molar-refractivity contribution in [3.05, 3.63) is 21.6 Å². The number of aromatic nitrogens is 2. The van der Waals surface area contributed by atoms with Crippen molar-refractivity contribution in [1.82, 2.24) is 9.78 Å². The lowest BCUT2D eigenvalue weighted by Gasteiger charge is -1.98. The maximum atomic E-state index is 11.9. The van der Waals surface area contributed by atoms with Gasteiger partial charge in [-0.2, -0.15) is 0 Å². The summed E-state index contributed by atoms with van der Waals surface area (Å²) in [6, 6.07) is 0. The number of hydrogen-bond donors (Lipinski definition) is 1. The predicted octanol–water partition coefficient (Wildman–Crippen LogP) is 1.86. The first-order valence-electron chi connectivity index (χ1n) is 5.63. The monoisotopic (exact) mass is 194 g/mol. The van der Waals surface area contributed by atoms with Crippen LogP contribution in [0.5, 0.6) is 0 Å². The van der Waals surface area contributed by atoms with E-state index in [0.717, 1.165) is 31.4 Å². The molecule has 0 spiro atoms. The molecule has 0 atom stereocenters. The van der Waals surface area contributed by atoms with Gasteiger partial charge in [0, 0.05) is 17.8 Å². The predicted molar refractivity (Wildman–Crippen MR) is 56.6 cm³/mol. The lowest BCUT2D eigenvalue weighted by atomic mass is 10.1. The third-order valence-corrected chi connectivity index (χ3v) is 2.94. The van der Waals surface area contributed by atoms with Crippen molar-refractivity contribution in [2.24, 2.45) is 0 Å². The molecule has 0 unspecified atom stereocenters. The first-order chi connectivity index (χ1) is 6.83. The van der Waals surface area contributed by atoms with Crippen LogP contribution in [-0.2, 0) is 19.4 Å². The second-order valence-electron chi connectivity index (χ2n) is 4.09. The molecule has 1 N–H and O–H groups in total. The SMILES string of the molecule is CCCn1[nH]c2c(c1=O)CCCCC2. The Morgan fingerprint density at radius 2 is 2.07 bits per heavy atom. The molecule has 2 rings (SSSR count). The standard InChI is InChI=1S/C11H18N2O/c1-2-8-13-11(14)9-6-4-3-5-7-10(9)12-13/h12H,2-8H2,1H3. The van der Waals surface area contributed by atoms with Gasteiger partial charge in [-0.3, -0.25) is 14.6 Å². The van der Waals surface area contributed by atoms with Crippen LogP contribution in [-0.4, -0.2) is 9.78 Å². The Labute approximate surface area is 84.1 Å². The van der Waals surface area contributed by atoms with E-state index in [-0.39, 0.29) is 5.56 Å². The molecule has 1 aliphatic carbocycles. The summed E-state index contributed by atoms with van der Waals surface area (Å²) >= 11 is 0. The highest BCUT2D eigenvalue weighted by atomic mass is 16.1. The minimum Gasteiger partial charge on any atom is -0.299 e. The minimum atomic E-state index is 0.226. The Bertz CT molecular complexity index is 362. The zero-order chi connectivity index (χ0) is 9.97. The molecule has 3 heteroatoms. The second-order valence-corrected chi connectivity index (χ2v) is 4.09. The molecule has 1 aliphatic rings. The molecule has 0 amide bonds. The highest BCUT2D eigenvalue weighted by Gasteiger charge is 2.15. The fraction of sp³-hybridized carbons (Fsp3) is 0.727. The van der Waals surface area contributed by atoms with Crippen LogP contribution in [0, 0.1) is 0 Å². The Kier molecular flexibility index (Phi) is 2.75. The van der Waals surface area contributed by atoms with E-state index >= 15 is 0 Å². The van der Waals surface area contributed by atoms with Gasteiger partial charge >= 0.3 is 0 Å². The van der Waals surface area contributed by atoms with Gasteiger partial charge in [0.25, 0.3) is 5.56 Å². The van der Waals surface area contributed by atoms with Crippen molar-refractivity contribution in [3.8, 4) is 0 Å². The smallest absolute Gasteiger partial charge is 0.269 e. The number of aryl methyl sites for hydroxylation is 2. The van der Waals surface area contributed by atoms with Gasteiger partial charge < -0.3 is 0 Å². The number of nitrogens with zero attached hydrogens (tertiary/aromatic N) is 1. The Morgan fingerprint density at radius 1 is 1.29 bits per heavy atom. The second kappa shape index (κ2) is 4.03. The van der Waals surface area contributed by atoms with Gasteiger partial charge in [0.15, 0.2) is 0 Å². The van der Waals surface area contributed by atoms with Crippen LogP contribution in [0.25, 0.3) is 0 Å². The van der Waals surface area contributed by atoms with Crippen LogP contribution in [0.3, 0.4) is 0 Å². The number of rotatable bonds is 2. The third kappa shape index (κ3) is 1.63. The Hall–Kier alpha value is -0.990. The molecular weight excluding hydrogens is 176 g/mol. The summed E-state index contributed by atoms with van der Waals surface area (Å²) < 4.78 is 1.77. The number of H-pyrrole nitrogens is 1. The zero-order valence-corrected chi connectivity index (χ0v) is 8.81. The van der Waals surface area contributed by atoms with Crippen molar-refractivity contribution in [3.63, 3.8) is 0 Å². The molecule has 14 heavy (non-hydrogen) atoms. The Morgan fingerprint density at radius 3 is 2.86 bits per heavy atom. The van der Waals surface area contributed by atoms with E-state index in [9.17, 15) is 4.79 Å². The third-order valence-electron chi connectivity index (χ3n) is 2.94. The number of fused-ring (bicyclic) bond motifs is 1. The summed E-state index contributed by atoms with van der Waals surface area (Å²) in [6.07, 6.45) is 6.70. The van der Waals surface area contributed by atoms with Crippen molar-refractivity contribution in [2.45, 2.75) is 52.0 Å². The number of hydrogen-bond acceptors (Lipinski definition) is 1. The van der Waals surface area contributed by atoms with Gasteiger partial charge in [-0.05, 0) is 32.1 Å². The largest absolute Gasteiger partial charge is 0.299 e. The molecule has 1 heterocycles. The molecule has 78 valence electrons. The van der Waals surface area contributed by atoms with E-state index in [1.807, 2.05) is 0 Å². The highest BCUT2D eigenvalue weighted by Crippen LogP contribution is 2.15. The molecule has 0 saturated heterocycles. The molecule has 1 aromatic heterocycles. The lowest BCUT2D eigenvalue weighted by molar-refractivity contribution is 0.570. The van der Waals surface area contributed by atoms with E-state index in [1.54, 1.807) is 4.68 Å².